The Hall–Kier alpha value is -3.65. The van der Waals surface area contributed by atoms with Crippen LogP contribution in [0.5, 0.6) is 0 Å². The van der Waals surface area contributed by atoms with Gasteiger partial charge in [0.05, 0.1) is 17.9 Å². The summed E-state index contributed by atoms with van der Waals surface area (Å²) in [4.78, 5) is 30.1. The largest absolute Gasteiger partial charge is 0.289 e. The minimum absolute atomic E-state index is 0.249. The van der Waals surface area contributed by atoms with E-state index in [9.17, 15) is 14.0 Å². The summed E-state index contributed by atoms with van der Waals surface area (Å²) in [5, 5.41) is 6.13. The minimum Gasteiger partial charge on any atom is -0.289 e. The first-order valence-corrected chi connectivity index (χ1v) is 10.0. The first kappa shape index (κ1) is 19.7. The number of rotatable bonds is 5. The maximum atomic E-state index is 13.6. The van der Waals surface area contributed by atoms with Gasteiger partial charge in [0, 0.05) is 16.5 Å². The van der Waals surface area contributed by atoms with Crippen molar-refractivity contribution in [3.63, 3.8) is 0 Å². The van der Waals surface area contributed by atoms with Crippen LogP contribution in [0, 0.1) is 12.7 Å². The zero-order valence-electron chi connectivity index (χ0n) is 16.0. The van der Waals surface area contributed by atoms with Gasteiger partial charge < -0.3 is 0 Å². The molecule has 1 N–H and O–H groups in total. The molecule has 150 valence electrons. The van der Waals surface area contributed by atoms with Crippen molar-refractivity contribution in [1.82, 2.24) is 15.0 Å². The molecule has 0 spiro atoms. The number of aryl methyl sites for hydroxylation is 1. The van der Waals surface area contributed by atoms with Crippen molar-refractivity contribution in [1.29, 1.82) is 0 Å². The predicted molar refractivity (Wildman–Crippen MR) is 116 cm³/mol. The number of carbonyl (C=O) groups is 1. The summed E-state index contributed by atoms with van der Waals surface area (Å²) < 4.78 is 14.8. The summed E-state index contributed by atoms with van der Waals surface area (Å²) in [6.07, 6.45) is 2.56. The molecule has 0 saturated carbocycles. The van der Waals surface area contributed by atoms with Gasteiger partial charge in [-0.25, -0.2) is 14.8 Å². The van der Waals surface area contributed by atoms with Crippen LogP contribution in [0.15, 0.2) is 70.1 Å². The van der Waals surface area contributed by atoms with E-state index in [1.165, 1.54) is 40.6 Å². The molecule has 6 nitrogen and oxygen atoms in total. The van der Waals surface area contributed by atoms with Crippen molar-refractivity contribution >= 4 is 33.7 Å². The van der Waals surface area contributed by atoms with Gasteiger partial charge in [-0.15, -0.1) is 11.3 Å². The van der Waals surface area contributed by atoms with Crippen molar-refractivity contribution in [2.24, 2.45) is 5.10 Å². The summed E-state index contributed by atoms with van der Waals surface area (Å²) >= 11 is 1.38. The number of fused-ring (bicyclic) bond motifs is 1. The second kappa shape index (κ2) is 8.38. The van der Waals surface area contributed by atoms with Crippen LogP contribution in [0.25, 0.3) is 21.3 Å². The first-order chi connectivity index (χ1) is 14.5. The van der Waals surface area contributed by atoms with Crippen LogP contribution in [0.1, 0.15) is 11.1 Å². The summed E-state index contributed by atoms with van der Waals surface area (Å²) in [6, 6.07) is 13.9. The molecule has 0 fully saturated rings. The van der Waals surface area contributed by atoms with Crippen LogP contribution < -0.4 is 11.0 Å². The van der Waals surface area contributed by atoms with Gasteiger partial charge in [0.15, 0.2) is 0 Å². The van der Waals surface area contributed by atoms with Crippen molar-refractivity contribution < 1.29 is 9.18 Å². The van der Waals surface area contributed by atoms with Crippen molar-refractivity contribution in [3.05, 3.63) is 87.5 Å². The molecular weight excluding hydrogens is 403 g/mol. The van der Waals surface area contributed by atoms with Crippen LogP contribution in [-0.4, -0.2) is 21.7 Å². The number of thiophene rings is 1. The Labute approximate surface area is 175 Å². The van der Waals surface area contributed by atoms with Gasteiger partial charge in [-0.1, -0.05) is 48.0 Å². The Morgan fingerprint density at radius 1 is 1.23 bits per heavy atom. The lowest BCUT2D eigenvalue weighted by Crippen LogP contribution is -2.30. The third-order valence-corrected chi connectivity index (χ3v) is 5.42. The highest BCUT2D eigenvalue weighted by Gasteiger charge is 2.14. The molecule has 1 amide bonds. The number of hydrogen-bond acceptors (Lipinski definition) is 5. The maximum absolute atomic E-state index is 13.6. The molecule has 2 aromatic carbocycles. The van der Waals surface area contributed by atoms with Gasteiger partial charge in [0.2, 0.25) is 0 Å². The number of hydrogen-bond donors (Lipinski definition) is 1. The zero-order valence-corrected chi connectivity index (χ0v) is 16.8. The van der Waals surface area contributed by atoms with E-state index in [0.717, 1.165) is 16.7 Å². The lowest BCUT2D eigenvalue weighted by molar-refractivity contribution is -0.121. The van der Waals surface area contributed by atoms with Crippen LogP contribution >= 0.6 is 11.3 Å². The van der Waals surface area contributed by atoms with Gasteiger partial charge in [-0.2, -0.15) is 5.10 Å². The molecule has 0 aliphatic heterocycles. The average Bonchev–Trinajstić information content (AvgIpc) is 3.17. The van der Waals surface area contributed by atoms with E-state index in [0.29, 0.717) is 10.2 Å². The number of amides is 1. The Kier molecular flexibility index (Phi) is 5.49. The molecule has 0 atom stereocenters. The quantitative estimate of drug-likeness (QED) is 0.395. The molecule has 0 bridgehead atoms. The number of halogens is 1. The van der Waals surface area contributed by atoms with Gasteiger partial charge in [-0.3, -0.25) is 14.2 Å². The third kappa shape index (κ3) is 4.04. The molecule has 0 unspecified atom stereocenters. The zero-order chi connectivity index (χ0) is 21.1. The Morgan fingerprint density at radius 3 is 2.77 bits per heavy atom. The first-order valence-electron chi connectivity index (χ1n) is 9.13. The lowest BCUT2D eigenvalue weighted by atomic mass is 10.1. The van der Waals surface area contributed by atoms with E-state index in [1.54, 1.807) is 12.1 Å². The fourth-order valence-corrected chi connectivity index (χ4v) is 3.88. The Bertz CT molecular complexity index is 1310. The van der Waals surface area contributed by atoms with Gasteiger partial charge in [-0.05, 0) is 18.6 Å². The highest BCUT2D eigenvalue weighted by molar-refractivity contribution is 7.17. The van der Waals surface area contributed by atoms with Gasteiger partial charge in [0.1, 0.15) is 17.2 Å². The monoisotopic (exact) mass is 420 g/mol. The van der Waals surface area contributed by atoms with E-state index < -0.39 is 11.7 Å². The van der Waals surface area contributed by atoms with Gasteiger partial charge >= 0.3 is 0 Å². The minimum atomic E-state index is -0.516. The number of nitrogens with one attached hydrogen (secondary N) is 1. The van der Waals surface area contributed by atoms with Gasteiger partial charge in [0.25, 0.3) is 11.5 Å². The standard InChI is InChI=1S/C22H17FN4O2S/c1-14-6-8-15(9-7-14)17-12-30-21-20(17)22(29)27(13-24-21)11-19(28)26-25-10-16-4-2-3-5-18(16)23/h2-10,12-13H,11H2,1H3,(H,26,28). The number of carbonyl (C=O) groups excluding carboxylic acids is 1. The molecule has 30 heavy (non-hydrogen) atoms. The summed E-state index contributed by atoms with van der Waals surface area (Å²) in [5.41, 5.74) is 5.09. The molecule has 0 aliphatic carbocycles. The predicted octanol–water partition coefficient (Wildman–Crippen LogP) is 3.72. The second-order valence-electron chi connectivity index (χ2n) is 6.69. The van der Waals surface area contributed by atoms with E-state index in [-0.39, 0.29) is 17.7 Å². The number of benzene rings is 2. The molecule has 8 heteroatoms. The number of nitrogens with zero attached hydrogens (tertiary/aromatic N) is 3. The molecule has 0 saturated heterocycles. The fourth-order valence-electron chi connectivity index (χ4n) is 2.97. The molecule has 4 rings (SSSR count). The third-order valence-electron chi connectivity index (χ3n) is 4.54. The highest BCUT2D eigenvalue weighted by Crippen LogP contribution is 2.30. The van der Waals surface area contributed by atoms with Crippen LogP contribution in [0.4, 0.5) is 4.39 Å². The Balaban J connectivity index is 1.56. The number of aromatic nitrogens is 2. The summed E-state index contributed by atoms with van der Waals surface area (Å²) in [6.45, 7) is 1.75. The normalized spacial score (nSPS) is 11.3. The maximum Gasteiger partial charge on any atom is 0.263 e. The molecule has 4 aromatic rings. The van der Waals surface area contributed by atoms with Crippen LogP contribution in [0.2, 0.25) is 0 Å². The molecule has 2 aromatic heterocycles. The van der Waals surface area contributed by atoms with Crippen LogP contribution in [-0.2, 0) is 11.3 Å². The van der Waals surface area contributed by atoms with Crippen molar-refractivity contribution in [3.8, 4) is 11.1 Å². The van der Waals surface area contributed by atoms with Crippen molar-refractivity contribution in [2.75, 3.05) is 0 Å². The Morgan fingerprint density at radius 2 is 2.00 bits per heavy atom. The number of hydrazone groups is 1. The molecule has 0 aliphatic rings. The topological polar surface area (TPSA) is 76.3 Å². The molecular formula is C22H17FN4O2S. The second-order valence-corrected chi connectivity index (χ2v) is 7.55. The molecule has 2 heterocycles. The van der Waals surface area contributed by atoms with E-state index >= 15 is 0 Å². The fraction of sp³-hybridized carbons (Fsp3) is 0.0909. The van der Waals surface area contributed by atoms with E-state index in [2.05, 4.69) is 15.5 Å². The lowest BCUT2D eigenvalue weighted by Gasteiger charge is -2.05. The average molecular weight is 420 g/mol. The van der Waals surface area contributed by atoms with E-state index in [4.69, 9.17) is 0 Å². The van der Waals surface area contributed by atoms with E-state index in [1.807, 2.05) is 36.6 Å². The van der Waals surface area contributed by atoms with Crippen LogP contribution in [0.3, 0.4) is 0 Å². The van der Waals surface area contributed by atoms with Crippen molar-refractivity contribution in [2.45, 2.75) is 13.5 Å². The SMILES string of the molecule is Cc1ccc(-c2csc3ncn(CC(=O)NN=Cc4ccccc4F)c(=O)c23)cc1. The molecule has 0 radical (unpaired) electrons. The summed E-state index contributed by atoms with van der Waals surface area (Å²) in [5.74, 6) is -0.958. The summed E-state index contributed by atoms with van der Waals surface area (Å²) in [7, 11) is 0. The smallest absolute Gasteiger partial charge is 0.263 e. The highest BCUT2D eigenvalue weighted by atomic mass is 32.1.